The van der Waals surface area contributed by atoms with Gasteiger partial charge in [-0.2, -0.15) is 5.26 Å². The highest BCUT2D eigenvalue weighted by atomic mass is 15.0. The van der Waals surface area contributed by atoms with Crippen molar-refractivity contribution in [2.45, 2.75) is 13.0 Å². The van der Waals surface area contributed by atoms with Crippen LogP contribution in [-0.2, 0) is 0 Å². The highest BCUT2D eigenvalue weighted by Crippen LogP contribution is 2.16. The fourth-order valence-electron chi connectivity index (χ4n) is 1.44. The molecule has 0 aromatic carbocycles. The van der Waals surface area contributed by atoms with Crippen LogP contribution in [0.4, 0.5) is 5.82 Å². The van der Waals surface area contributed by atoms with Crippen LogP contribution in [0.5, 0.6) is 0 Å². The Hall–Kier alpha value is -2.48. The molecular formula is C12H11N5. The van der Waals surface area contributed by atoms with Crippen LogP contribution in [0.3, 0.4) is 0 Å². The lowest BCUT2D eigenvalue weighted by molar-refractivity contribution is 0.828. The standard InChI is InChI=1S/C12H11N5/c1-9(10-4-2-3-5-14-10)17-12-11(8-13)15-6-7-16-12/h2-7,9H,1H3,(H,16,17). The first-order chi connectivity index (χ1) is 8.31. The third-order valence-corrected chi connectivity index (χ3v) is 2.29. The van der Waals surface area contributed by atoms with E-state index < -0.39 is 0 Å². The van der Waals surface area contributed by atoms with E-state index in [0.29, 0.717) is 5.82 Å². The van der Waals surface area contributed by atoms with Crippen molar-refractivity contribution >= 4 is 5.82 Å². The second kappa shape index (κ2) is 5.03. The molecular weight excluding hydrogens is 214 g/mol. The summed E-state index contributed by atoms with van der Waals surface area (Å²) in [7, 11) is 0. The summed E-state index contributed by atoms with van der Waals surface area (Å²) >= 11 is 0. The molecule has 0 aliphatic carbocycles. The van der Waals surface area contributed by atoms with Gasteiger partial charge in [0.15, 0.2) is 11.5 Å². The van der Waals surface area contributed by atoms with Gasteiger partial charge in [0.05, 0.1) is 11.7 Å². The molecule has 0 aliphatic rings. The van der Waals surface area contributed by atoms with E-state index in [0.717, 1.165) is 5.69 Å². The molecule has 5 heteroatoms. The van der Waals surface area contributed by atoms with Gasteiger partial charge >= 0.3 is 0 Å². The molecule has 5 nitrogen and oxygen atoms in total. The van der Waals surface area contributed by atoms with Crippen molar-refractivity contribution in [2.24, 2.45) is 0 Å². The fraction of sp³-hybridized carbons (Fsp3) is 0.167. The van der Waals surface area contributed by atoms with Crippen LogP contribution in [-0.4, -0.2) is 15.0 Å². The second-order valence-electron chi connectivity index (χ2n) is 3.49. The molecule has 2 rings (SSSR count). The summed E-state index contributed by atoms with van der Waals surface area (Å²) < 4.78 is 0. The Morgan fingerprint density at radius 2 is 2.00 bits per heavy atom. The van der Waals surface area contributed by atoms with Gasteiger partial charge in [0, 0.05) is 18.6 Å². The number of rotatable bonds is 3. The maximum Gasteiger partial charge on any atom is 0.182 e. The summed E-state index contributed by atoms with van der Waals surface area (Å²) in [6.07, 6.45) is 4.78. The minimum Gasteiger partial charge on any atom is -0.360 e. The summed E-state index contributed by atoms with van der Waals surface area (Å²) in [5.74, 6) is 0.480. The molecule has 0 spiro atoms. The Morgan fingerprint density at radius 3 is 2.71 bits per heavy atom. The highest BCUT2D eigenvalue weighted by Gasteiger charge is 2.10. The topological polar surface area (TPSA) is 74.5 Å². The smallest absolute Gasteiger partial charge is 0.182 e. The molecule has 1 atom stereocenters. The molecule has 0 saturated heterocycles. The van der Waals surface area contributed by atoms with Crippen molar-refractivity contribution in [3.8, 4) is 6.07 Å². The van der Waals surface area contributed by atoms with Crippen LogP contribution < -0.4 is 5.32 Å². The first-order valence-electron chi connectivity index (χ1n) is 5.20. The maximum absolute atomic E-state index is 8.89. The van der Waals surface area contributed by atoms with Crippen LogP contribution in [0.15, 0.2) is 36.8 Å². The van der Waals surface area contributed by atoms with Crippen LogP contribution in [0.1, 0.15) is 24.4 Å². The van der Waals surface area contributed by atoms with E-state index in [9.17, 15) is 0 Å². The highest BCUT2D eigenvalue weighted by molar-refractivity contribution is 5.47. The molecule has 17 heavy (non-hydrogen) atoms. The van der Waals surface area contributed by atoms with Gasteiger partial charge in [0.1, 0.15) is 6.07 Å². The first kappa shape index (κ1) is 11.0. The third-order valence-electron chi connectivity index (χ3n) is 2.29. The van der Waals surface area contributed by atoms with E-state index in [1.165, 1.54) is 6.20 Å². The molecule has 0 amide bonds. The number of nitriles is 1. The minimum absolute atomic E-state index is 0.0278. The van der Waals surface area contributed by atoms with E-state index in [1.807, 2.05) is 31.2 Å². The maximum atomic E-state index is 8.89. The van der Waals surface area contributed by atoms with Gasteiger partial charge in [0.2, 0.25) is 0 Å². The average Bonchev–Trinajstić information content (AvgIpc) is 2.40. The molecule has 0 saturated carbocycles. The average molecular weight is 225 g/mol. The van der Waals surface area contributed by atoms with Gasteiger partial charge in [0.25, 0.3) is 0 Å². The lowest BCUT2D eigenvalue weighted by atomic mass is 10.2. The van der Waals surface area contributed by atoms with Gasteiger partial charge in [-0.15, -0.1) is 0 Å². The molecule has 2 heterocycles. The lowest BCUT2D eigenvalue weighted by Gasteiger charge is -2.13. The summed E-state index contributed by atoms with van der Waals surface area (Å²) in [5.41, 5.74) is 1.18. The molecule has 0 fully saturated rings. The Balaban J connectivity index is 2.19. The van der Waals surface area contributed by atoms with Crippen LogP contribution >= 0.6 is 0 Å². The predicted molar refractivity (Wildman–Crippen MR) is 63.0 cm³/mol. The zero-order chi connectivity index (χ0) is 12.1. The second-order valence-corrected chi connectivity index (χ2v) is 3.49. The quantitative estimate of drug-likeness (QED) is 0.863. The van der Waals surface area contributed by atoms with E-state index in [2.05, 4.69) is 20.3 Å². The number of aromatic nitrogens is 3. The van der Waals surface area contributed by atoms with E-state index in [1.54, 1.807) is 12.4 Å². The van der Waals surface area contributed by atoms with E-state index in [-0.39, 0.29) is 11.7 Å². The summed E-state index contributed by atoms with van der Waals surface area (Å²) in [6, 6.07) is 7.66. The third kappa shape index (κ3) is 2.55. The molecule has 1 unspecified atom stereocenters. The summed E-state index contributed by atoms with van der Waals surface area (Å²) in [4.78, 5) is 12.3. The number of hydrogen-bond acceptors (Lipinski definition) is 5. The monoisotopic (exact) mass is 225 g/mol. The van der Waals surface area contributed by atoms with Crippen molar-refractivity contribution in [2.75, 3.05) is 5.32 Å². The SMILES string of the molecule is CC(Nc1nccnc1C#N)c1ccccn1. The Morgan fingerprint density at radius 1 is 1.18 bits per heavy atom. The van der Waals surface area contributed by atoms with Gasteiger partial charge in [-0.3, -0.25) is 4.98 Å². The molecule has 84 valence electrons. The van der Waals surface area contributed by atoms with Crippen molar-refractivity contribution in [3.63, 3.8) is 0 Å². The lowest BCUT2D eigenvalue weighted by Crippen LogP contribution is -2.11. The summed E-state index contributed by atoms with van der Waals surface area (Å²) in [6.45, 7) is 1.96. The molecule has 2 aromatic heterocycles. The number of nitrogens with zero attached hydrogens (tertiary/aromatic N) is 4. The largest absolute Gasteiger partial charge is 0.360 e. The summed E-state index contributed by atoms with van der Waals surface area (Å²) in [5, 5.41) is 12.0. The van der Waals surface area contributed by atoms with Gasteiger partial charge < -0.3 is 5.32 Å². The van der Waals surface area contributed by atoms with E-state index in [4.69, 9.17) is 5.26 Å². The minimum atomic E-state index is -0.0278. The van der Waals surface area contributed by atoms with Crippen LogP contribution in [0.25, 0.3) is 0 Å². The van der Waals surface area contributed by atoms with E-state index >= 15 is 0 Å². The van der Waals surface area contributed by atoms with Gasteiger partial charge in [-0.1, -0.05) is 6.07 Å². The van der Waals surface area contributed by atoms with Crippen molar-refractivity contribution in [1.29, 1.82) is 5.26 Å². The Kier molecular flexibility index (Phi) is 3.26. The number of anilines is 1. The van der Waals surface area contributed by atoms with Crippen molar-refractivity contribution in [3.05, 3.63) is 48.2 Å². The molecule has 0 radical (unpaired) electrons. The molecule has 0 aliphatic heterocycles. The zero-order valence-corrected chi connectivity index (χ0v) is 9.33. The molecule has 1 N–H and O–H groups in total. The van der Waals surface area contributed by atoms with Crippen molar-refractivity contribution < 1.29 is 0 Å². The Labute approximate surface area is 99.2 Å². The molecule has 0 bridgehead atoms. The van der Waals surface area contributed by atoms with Gasteiger partial charge in [-0.05, 0) is 19.1 Å². The van der Waals surface area contributed by atoms with Gasteiger partial charge in [-0.25, -0.2) is 9.97 Å². The zero-order valence-electron chi connectivity index (χ0n) is 9.33. The predicted octanol–water partition coefficient (Wildman–Crippen LogP) is 1.92. The van der Waals surface area contributed by atoms with Crippen LogP contribution in [0.2, 0.25) is 0 Å². The van der Waals surface area contributed by atoms with Crippen LogP contribution in [0, 0.1) is 11.3 Å². The van der Waals surface area contributed by atoms with Crippen molar-refractivity contribution in [1.82, 2.24) is 15.0 Å². The number of nitrogens with one attached hydrogen (secondary N) is 1. The molecule has 2 aromatic rings. The number of pyridine rings is 1. The number of hydrogen-bond donors (Lipinski definition) is 1. The first-order valence-corrected chi connectivity index (χ1v) is 5.20. The normalized spacial score (nSPS) is 11.5. The fourth-order valence-corrected chi connectivity index (χ4v) is 1.44. The Bertz CT molecular complexity index is 532.